The Balaban J connectivity index is 4.00. The van der Waals surface area contributed by atoms with E-state index in [1.807, 2.05) is 0 Å². The predicted molar refractivity (Wildman–Crippen MR) is 40.9 cm³/mol. The topological polar surface area (TPSA) is 48.6 Å². The van der Waals surface area contributed by atoms with Crippen LogP contribution in [0.3, 0.4) is 0 Å². The van der Waals surface area contributed by atoms with E-state index >= 15 is 0 Å². The van der Waals surface area contributed by atoms with Gasteiger partial charge in [0.1, 0.15) is 5.84 Å². The lowest BCUT2D eigenvalue weighted by molar-refractivity contribution is 1.46. The van der Waals surface area contributed by atoms with Gasteiger partial charge in [-0.25, -0.2) is 9.98 Å². The van der Waals surface area contributed by atoms with Crippen molar-refractivity contribution in [2.45, 2.75) is 13.8 Å². The average molecular weight is 146 g/mol. The number of rotatable bonds is 0. The van der Waals surface area contributed by atoms with Gasteiger partial charge in [-0.15, -0.1) is 0 Å². The van der Waals surface area contributed by atoms with Crippen LogP contribution in [0.1, 0.15) is 13.8 Å². The van der Waals surface area contributed by atoms with Gasteiger partial charge in [-0.3, -0.25) is 5.41 Å². The van der Waals surface area contributed by atoms with Gasteiger partial charge in [-0.2, -0.15) is 0 Å². The zero-order chi connectivity index (χ0) is 7.28. The maximum atomic E-state index is 6.71. The Morgan fingerprint density at radius 2 is 2.22 bits per heavy atom. The van der Waals surface area contributed by atoms with Gasteiger partial charge >= 0.3 is 0 Å². The Morgan fingerprint density at radius 1 is 1.67 bits per heavy atom. The molecule has 9 heavy (non-hydrogen) atoms. The van der Waals surface area contributed by atoms with Crippen molar-refractivity contribution in [3.05, 3.63) is 0 Å². The van der Waals surface area contributed by atoms with E-state index < -0.39 is 0 Å². The number of nitrogens with zero attached hydrogens (tertiary/aromatic N) is 2. The second kappa shape index (κ2) is 4.21. The lowest BCUT2D eigenvalue weighted by Gasteiger charge is -1.85. The van der Waals surface area contributed by atoms with Crippen molar-refractivity contribution in [3.8, 4) is 0 Å². The van der Waals surface area contributed by atoms with Crippen molar-refractivity contribution in [1.82, 2.24) is 0 Å². The minimum Gasteiger partial charge on any atom is -0.272 e. The lowest BCUT2D eigenvalue weighted by Crippen LogP contribution is -1.88. The smallest absolute Gasteiger partial charge is 0.216 e. The van der Waals surface area contributed by atoms with Crippen LogP contribution in [-0.4, -0.2) is 17.3 Å². The molecule has 3 nitrogen and oxygen atoms in total. The van der Waals surface area contributed by atoms with Crippen LogP contribution in [-0.2, 0) is 0 Å². The second-order valence-corrected chi connectivity index (χ2v) is 1.70. The molecule has 0 aliphatic rings. The summed E-state index contributed by atoms with van der Waals surface area (Å²) in [6, 6.07) is 0. The minimum absolute atomic E-state index is 0.238. The highest BCUT2D eigenvalue weighted by Gasteiger charge is 1.84. The van der Waals surface area contributed by atoms with Crippen LogP contribution < -0.4 is 0 Å². The molecule has 4 heteroatoms. The molecule has 0 spiro atoms. The predicted octanol–water partition coefficient (Wildman–Crippen LogP) is 1.67. The van der Waals surface area contributed by atoms with Crippen LogP contribution in [0.5, 0.6) is 0 Å². The maximum Gasteiger partial charge on any atom is 0.216 e. The molecule has 0 atom stereocenters. The van der Waals surface area contributed by atoms with E-state index in [0.29, 0.717) is 5.84 Å². The summed E-state index contributed by atoms with van der Waals surface area (Å²) in [5, 5.41) is 6.47. The van der Waals surface area contributed by atoms with Gasteiger partial charge in [-0.05, 0) is 25.4 Å². The van der Waals surface area contributed by atoms with Gasteiger partial charge in [0, 0.05) is 6.21 Å². The van der Waals surface area contributed by atoms with Crippen molar-refractivity contribution >= 4 is 28.9 Å². The van der Waals surface area contributed by atoms with E-state index in [2.05, 4.69) is 9.98 Å². The van der Waals surface area contributed by atoms with E-state index in [9.17, 15) is 0 Å². The van der Waals surface area contributed by atoms with Crippen molar-refractivity contribution < 1.29 is 0 Å². The molecule has 0 unspecified atom stereocenters. The molecule has 0 amide bonds. The van der Waals surface area contributed by atoms with E-state index in [0.717, 1.165) is 0 Å². The van der Waals surface area contributed by atoms with Crippen molar-refractivity contribution in [2.75, 3.05) is 0 Å². The Labute approximate surface area is 59.0 Å². The monoisotopic (exact) mass is 145 g/mol. The summed E-state index contributed by atoms with van der Waals surface area (Å²) < 4.78 is 0. The molecule has 1 N–H and O–H groups in total. The van der Waals surface area contributed by atoms with E-state index in [4.69, 9.17) is 17.0 Å². The molecule has 0 aliphatic carbocycles. The molecule has 0 radical (unpaired) electrons. The van der Waals surface area contributed by atoms with Crippen molar-refractivity contribution in [2.24, 2.45) is 9.98 Å². The highest BCUT2D eigenvalue weighted by Crippen LogP contribution is 1.85. The van der Waals surface area contributed by atoms with E-state index in [1.54, 1.807) is 20.1 Å². The lowest BCUT2D eigenvalue weighted by atomic mass is 10.7. The third kappa shape index (κ3) is 5.17. The largest absolute Gasteiger partial charge is 0.272 e. The van der Waals surface area contributed by atoms with Crippen molar-refractivity contribution in [1.29, 1.82) is 5.41 Å². The zero-order valence-electron chi connectivity index (χ0n) is 5.35. The number of nitrogens with one attached hydrogen (secondary N) is 1. The number of aliphatic imine (C=N–C) groups is 2. The van der Waals surface area contributed by atoms with Gasteiger partial charge in [0.2, 0.25) is 5.29 Å². The quantitative estimate of drug-likeness (QED) is 0.306. The van der Waals surface area contributed by atoms with Gasteiger partial charge < -0.3 is 0 Å². The van der Waals surface area contributed by atoms with Crippen LogP contribution in [0.4, 0.5) is 0 Å². The molecule has 0 heterocycles. The molecule has 0 aliphatic heterocycles. The molecule has 0 aromatic rings. The summed E-state index contributed by atoms with van der Waals surface area (Å²) in [7, 11) is 0. The van der Waals surface area contributed by atoms with E-state index in [1.165, 1.54) is 0 Å². The molecule has 0 saturated carbocycles. The first-order valence-electron chi connectivity index (χ1n) is 2.45. The number of hydrogen-bond donors (Lipinski definition) is 1. The standard InChI is InChI=1S/C5H8ClN3/c1-3-8-4(2)9-5(6)7/h3,7H,1-2H3. The van der Waals surface area contributed by atoms with E-state index in [-0.39, 0.29) is 5.29 Å². The van der Waals surface area contributed by atoms with Gasteiger partial charge in [0.05, 0.1) is 0 Å². The summed E-state index contributed by atoms with van der Waals surface area (Å²) in [4.78, 5) is 7.30. The molecule has 0 bridgehead atoms. The molecular weight excluding hydrogens is 138 g/mol. The molecule has 0 aromatic carbocycles. The maximum absolute atomic E-state index is 6.71. The van der Waals surface area contributed by atoms with Crippen LogP contribution in [0.15, 0.2) is 9.98 Å². The normalized spacial score (nSPS) is 12.6. The fourth-order valence-electron chi connectivity index (χ4n) is 0.358. The molecule has 0 rings (SSSR count). The highest BCUT2D eigenvalue weighted by molar-refractivity contribution is 6.64. The third-order valence-corrected chi connectivity index (χ3v) is 0.660. The fourth-order valence-corrected chi connectivity index (χ4v) is 0.480. The second-order valence-electron chi connectivity index (χ2n) is 1.34. The first-order chi connectivity index (χ1) is 4.16. The van der Waals surface area contributed by atoms with Crippen LogP contribution in [0.2, 0.25) is 0 Å². The number of amidine groups is 2. The SMILES string of the molecule is CC=NC(C)=NC(=N)Cl. The average Bonchev–Trinajstić information content (AvgIpc) is 1.63. The Morgan fingerprint density at radius 3 is 2.56 bits per heavy atom. The van der Waals surface area contributed by atoms with Crippen LogP contribution in [0, 0.1) is 5.41 Å². The first kappa shape index (κ1) is 8.30. The van der Waals surface area contributed by atoms with Gasteiger partial charge in [0.15, 0.2) is 0 Å². The molecular formula is C5H8ClN3. The Kier molecular flexibility index (Phi) is 3.88. The third-order valence-electron chi connectivity index (χ3n) is 0.576. The van der Waals surface area contributed by atoms with Crippen molar-refractivity contribution in [3.63, 3.8) is 0 Å². The zero-order valence-corrected chi connectivity index (χ0v) is 6.11. The summed E-state index contributed by atoms with van der Waals surface area (Å²) in [6.45, 7) is 3.45. The first-order valence-corrected chi connectivity index (χ1v) is 2.82. The van der Waals surface area contributed by atoms with Gasteiger partial charge in [-0.1, -0.05) is 0 Å². The molecule has 50 valence electrons. The summed E-state index contributed by atoms with van der Waals surface area (Å²) in [5.74, 6) is 0.498. The molecule has 0 saturated heterocycles. The number of halogens is 1. The summed E-state index contributed by atoms with van der Waals surface area (Å²) >= 11 is 5.13. The minimum atomic E-state index is -0.238. The summed E-state index contributed by atoms with van der Waals surface area (Å²) in [5.41, 5.74) is 0. The van der Waals surface area contributed by atoms with Gasteiger partial charge in [0.25, 0.3) is 0 Å². The molecule has 0 aromatic heterocycles. The molecule has 0 fully saturated rings. The fraction of sp³-hybridized carbons (Fsp3) is 0.400. The van der Waals surface area contributed by atoms with Crippen LogP contribution in [0.25, 0.3) is 0 Å². The summed E-state index contributed by atoms with van der Waals surface area (Å²) in [6.07, 6.45) is 1.60. The van der Waals surface area contributed by atoms with Crippen LogP contribution >= 0.6 is 11.6 Å². The Bertz CT molecular complexity index is 160. The highest BCUT2D eigenvalue weighted by atomic mass is 35.5. The number of hydrogen-bond acceptors (Lipinski definition) is 1. The Hall–Kier alpha value is -0.700.